The van der Waals surface area contributed by atoms with E-state index in [1.54, 1.807) is 11.3 Å². The highest BCUT2D eigenvalue weighted by molar-refractivity contribution is 7.07. The fourth-order valence-corrected chi connectivity index (χ4v) is 4.79. The molecule has 108 valence electrons. The summed E-state index contributed by atoms with van der Waals surface area (Å²) in [6, 6.07) is 2.22. The van der Waals surface area contributed by atoms with Crippen molar-refractivity contribution in [2.75, 3.05) is 13.6 Å². The van der Waals surface area contributed by atoms with Gasteiger partial charge >= 0.3 is 0 Å². The van der Waals surface area contributed by atoms with Crippen molar-refractivity contribution in [1.82, 2.24) is 4.90 Å². The second kappa shape index (κ2) is 5.55. The van der Waals surface area contributed by atoms with Crippen molar-refractivity contribution in [3.05, 3.63) is 22.4 Å². The maximum absolute atomic E-state index is 6.21. The summed E-state index contributed by atoms with van der Waals surface area (Å²) in [7, 11) is 2.25. The first kappa shape index (κ1) is 15.0. The molecule has 0 spiro atoms. The minimum atomic E-state index is 0.170. The summed E-state index contributed by atoms with van der Waals surface area (Å²) in [6.07, 6.45) is 3.76. The molecule has 0 saturated heterocycles. The van der Waals surface area contributed by atoms with Crippen molar-refractivity contribution >= 4 is 11.3 Å². The monoisotopic (exact) mass is 280 g/mol. The molecule has 0 radical (unpaired) electrons. The van der Waals surface area contributed by atoms with Gasteiger partial charge in [-0.15, -0.1) is 0 Å². The van der Waals surface area contributed by atoms with Crippen molar-refractivity contribution < 1.29 is 0 Å². The van der Waals surface area contributed by atoms with Crippen molar-refractivity contribution in [2.24, 2.45) is 17.1 Å². The van der Waals surface area contributed by atoms with Crippen molar-refractivity contribution in [2.45, 2.75) is 52.1 Å². The lowest BCUT2D eigenvalue weighted by molar-refractivity contribution is -0.00108. The van der Waals surface area contributed by atoms with E-state index in [1.807, 2.05) is 0 Å². The predicted molar refractivity (Wildman–Crippen MR) is 84.4 cm³/mol. The van der Waals surface area contributed by atoms with E-state index in [2.05, 4.69) is 49.5 Å². The number of hydrogen-bond donors (Lipinski definition) is 1. The molecule has 1 fully saturated rings. The van der Waals surface area contributed by atoms with Crippen molar-refractivity contribution in [1.29, 1.82) is 0 Å². The molecule has 1 heterocycles. The van der Waals surface area contributed by atoms with E-state index in [1.165, 1.54) is 24.8 Å². The molecule has 1 aromatic rings. The minimum Gasteiger partial charge on any atom is -0.329 e. The van der Waals surface area contributed by atoms with Crippen LogP contribution in [0.5, 0.6) is 0 Å². The number of nitrogens with zero attached hydrogens (tertiary/aromatic N) is 1. The van der Waals surface area contributed by atoms with E-state index in [0.29, 0.717) is 5.41 Å². The van der Waals surface area contributed by atoms with Crippen LogP contribution in [0, 0.1) is 11.3 Å². The van der Waals surface area contributed by atoms with Crippen LogP contribution >= 0.6 is 11.3 Å². The van der Waals surface area contributed by atoms with Crippen LogP contribution in [0.15, 0.2) is 16.8 Å². The molecule has 2 N–H and O–H groups in total. The third-order valence-corrected chi connectivity index (χ3v) is 5.36. The summed E-state index contributed by atoms with van der Waals surface area (Å²) in [6.45, 7) is 8.95. The molecule has 0 amide bonds. The fourth-order valence-electron chi connectivity index (χ4n) is 4.13. The smallest absolute Gasteiger partial charge is 0.0339 e. The van der Waals surface area contributed by atoms with Gasteiger partial charge in [0.1, 0.15) is 0 Å². The molecule has 0 aromatic carbocycles. The topological polar surface area (TPSA) is 29.3 Å². The van der Waals surface area contributed by atoms with Crippen molar-refractivity contribution in [3.8, 4) is 0 Å². The Hall–Kier alpha value is -0.380. The summed E-state index contributed by atoms with van der Waals surface area (Å²) >= 11 is 1.78. The standard InChI is InChI=1S/C16H28N2S/c1-13-7-15(2,3)11-16(8-13,12-17)18(4)9-14-5-6-19-10-14/h5-6,10,13H,7-9,11-12,17H2,1-4H3. The quantitative estimate of drug-likeness (QED) is 0.910. The number of thiophene rings is 1. The third kappa shape index (κ3) is 3.39. The number of nitrogens with two attached hydrogens (primary N) is 1. The van der Waals surface area contributed by atoms with Gasteiger partial charge in [0.05, 0.1) is 0 Å². The second-order valence-corrected chi connectivity index (χ2v) is 8.05. The van der Waals surface area contributed by atoms with Gasteiger partial charge < -0.3 is 5.73 Å². The van der Waals surface area contributed by atoms with Gasteiger partial charge in [-0.25, -0.2) is 0 Å². The lowest BCUT2D eigenvalue weighted by Gasteiger charge is -2.52. The maximum Gasteiger partial charge on any atom is 0.0339 e. The van der Waals surface area contributed by atoms with Crippen LogP contribution in [0.4, 0.5) is 0 Å². The highest BCUT2D eigenvalue weighted by atomic mass is 32.1. The van der Waals surface area contributed by atoms with Gasteiger partial charge in [-0.3, -0.25) is 4.90 Å². The summed E-state index contributed by atoms with van der Waals surface area (Å²) in [4.78, 5) is 2.51. The van der Waals surface area contributed by atoms with Gasteiger partial charge in [-0.05, 0) is 60.0 Å². The molecule has 2 nitrogen and oxygen atoms in total. The Labute approximate surface area is 122 Å². The molecular weight excluding hydrogens is 252 g/mol. The fraction of sp³-hybridized carbons (Fsp3) is 0.750. The summed E-state index contributed by atoms with van der Waals surface area (Å²) in [5.74, 6) is 0.761. The Bertz CT molecular complexity index is 399. The average molecular weight is 280 g/mol. The summed E-state index contributed by atoms with van der Waals surface area (Å²) in [5.41, 5.74) is 8.20. The Morgan fingerprint density at radius 1 is 1.42 bits per heavy atom. The van der Waals surface area contributed by atoms with E-state index >= 15 is 0 Å². The SMILES string of the molecule is CC1CC(C)(C)CC(CN)(N(C)Cc2ccsc2)C1. The molecule has 2 unspecified atom stereocenters. The Morgan fingerprint density at radius 3 is 2.68 bits per heavy atom. The zero-order valence-corrected chi connectivity index (χ0v) is 13.6. The van der Waals surface area contributed by atoms with Crippen LogP contribution in [0.3, 0.4) is 0 Å². The highest BCUT2D eigenvalue weighted by Crippen LogP contribution is 2.46. The van der Waals surface area contributed by atoms with E-state index in [4.69, 9.17) is 5.73 Å². The Kier molecular flexibility index (Phi) is 4.38. The minimum absolute atomic E-state index is 0.170. The van der Waals surface area contributed by atoms with Gasteiger partial charge in [-0.2, -0.15) is 11.3 Å². The first-order valence-corrected chi connectivity index (χ1v) is 8.24. The molecular formula is C16H28N2S. The van der Waals surface area contributed by atoms with Gasteiger partial charge in [0.25, 0.3) is 0 Å². The molecule has 2 rings (SSSR count). The van der Waals surface area contributed by atoms with E-state index in [-0.39, 0.29) is 5.54 Å². The molecule has 1 aromatic heterocycles. The molecule has 19 heavy (non-hydrogen) atoms. The molecule has 1 saturated carbocycles. The average Bonchev–Trinajstić information content (AvgIpc) is 2.78. The zero-order valence-electron chi connectivity index (χ0n) is 12.8. The Morgan fingerprint density at radius 2 is 2.16 bits per heavy atom. The molecule has 3 heteroatoms. The van der Waals surface area contributed by atoms with Crippen LogP contribution in [0.25, 0.3) is 0 Å². The molecule has 2 atom stereocenters. The van der Waals surface area contributed by atoms with Crippen molar-refractivity contribution in [3.63, 3.8) is 0 Å². The number of rotatable bonds is 4. The number of likely N-dealkylation sites (N-methyl/N-ethyl adjacent to an activating group) is 1. The maximum atomic E-state index is 6.21. The normalized spacial score (nSPS) is 30.7. The summed E-state index contributed by atoms with van der Waals surface area (Å²) < 4.78 is 0. The van der Waals surface area contributed by atoms with Gasteiger partial charge in [0, 0.05) is 18.6 Å². The van der Waals surface area contributed by atoms with Crippen LogP contribution in [-0.2, 0) is 6.54 Å². The molecule has 0 aliphatic heterocycles. The third-order valence-electron chi connectivity index (χ3n) is 4.63. The second-order valence-electron chi connectivity index (χ2n) is 7.27. The first-order chi connectivity index (χ1) is 8.87. The molecule has 0 bridgehead atoms. The van der Waals surface area contributed by atoms with Crippen LogP contribution in [-0.4, -0.2) is 24.0 Å². The largest absolute Gasteiger partial charge is 0.329 e. The van der Waals surface area contributed by atoms with Gasteiger partial charge in [0.15, 0.2) is 0 Å². The highest BCUT2D eigenvalue weighted by Gasteiger charge is 2.44. The van der Waals surface area contributed by atoms with E-state index < -0.39 is 0 Å². The van der Waals surface area contributed by atoms with E-state index in [9.17, 15) is 0 Å². The lowest BCUT2D eigenvalue weighted by Crippen LogP contribution is -2.57. The summed E-state index contributed by atoms with van der Waals surface area (Å²) in [5, 5.41) is 4.41. The lowest BCUT2D eigenvalue weighted by atomic mass is 9.63. The first-order valence-electron chi connectivity index (χ1n) is 7.29. The zero-order chi connectivity index (χ0) is 14.1. The van der Waals surface area contributed by atoms with Gasteiger partial charge in [-0.1, -0.05) is 20.8 Å². The predicted octanol–water partition coefficient (Wildman–Crippen LogP) is 3.72. The van der Waals surface area contributed by atoms with Gasteiger partial charge in [0.2, 0.25) is 0 Å². The molecule has 1 aliphatic rings. The van der Waals surface area contributed by atoms with Crippen LogP contribution < -0.4 is 5.73 Å². The van der Waals surface area contributed by atoms with Crippen LogP contribution in [0.1, 0.15) is 45.6 Å². The van der Waals surface area contributed by atoms with E-state index in [0.717, 1.165) is 19.0 Å². The van der Waals surface area contributed by atoms with Crippen LogP contribution in [0.2, 0.25) is 0 Å². The number of hydrogen-bond acceptors (Lipinski definition) is 3. The molecule has 1 aliphatic carbocycles. The Balaban J connectivity index is 2.16.